The van der Waals surface area contributed by atoms with Crippen LogP contribution in [-0.4, -0.2) is 28.4 Å². The van der Waals surface area contributed by atoms with Crippen LogP contribution in [0, 0.1) is 0 Å². The zero-order chi connectivity index (χ0) is 18.8. The standard InChI is InChI=1S/C21H20N2O3S/c24-19-9-10-20(25)23(19)13-14-5-7-15(8-6-14)21(26)22-17-11-12-27-18-4-2-1-3-16(17)18/h1-8,17H,9-13H2,(H,22,26)/t17-/m0/s1. The molecule has 3 amide bonds. The average molecular weight is 380 g/mol. The first-order valence-corrected chi connectivity index (χ1v) is 10.0. The fourth-order valence-corrected chi connectivity index (χ4v) is 4.60. The lowest BCUT2D eigenvalue weighted by atomic mass is 10.0. The third kappa shape index (κ3) is 3.76. The van der Waals surface area contributed by atoms with Gasteiger partial charge >= 0.3 is 0 Å². The van der Waals surface area contributed by atoms with E-state index < -0.39 is 0 Å². The van der Waals surface area contributed by atoms with Gasteiger partial charge in [-0.05, 0) is 35.7 Å². The van der Waals surface area contributed by atoms with Crippen molar-refractivity contribution in [3.05, 3.63) is 65.2 Å². The number of nitrogens with zero attached hydrogens (tertiary/aromatic N) is 1. The Hall–Kier alpha value is -2.60. The fourth-order valence-electron chi connectivity index (χ4n) is 3.48. The van der Waals surface area contributed by atoms with Gasteiger partial charge in [0.25, 0.3) is 5.91 Å². The van der Waals surface area contributed by atoms with Gasteiger partial charge in [-0.2, -0.15) is 0 Å². The Morgan fingerprint density at radius 3 is 2.48 bits per heavy atom. The van der Waals surface area contributed by atoms with Gasteiger partial charge in [0.05, 0.1) is 12.6 Å². The SMILES string of the molecule is O=C(N[C@H]1CCSc2ccccc21)c1ccc(CN2C(=O)CCC2=O)cc1. The van der Waals surface area contributed by atoms with E-state index in [4.69, 9.17) is 0 Å². The molecule has 0 radical (unpaired) electrons. The Morgan fingerprint density at radius 2 is 1.74 bits per heavy atom. The molecule has 6 heteroatoms. The van der Waals surface area contributed by atoms with Crippen molar-refractivity contribution in [2.75, 3.05) is 5.75 Å². The largest absolute Gasteiger partial charge is 0.345 e. The molecular weight excluding hydrogens is 360 g/mol. The van der Waals surface area contributed by atoms with E-state index in [1.165, 1.54) is 15.4 Å². The number of hydrogen-bond donors (Lipinski definition) is 1. The second-order valence-electron chi connectivity index (χ2n) is 6.77. The van der Waals surface area contributed by atoms with Gasteiger partial charge in [0, 0.05) is 29.1 Å². The molecule has 5 nitrogen and oxygen atoms in total. The third-order valence-corrected chi connectivity index (χ3v) is 6.10. The normalized spacial score (nSPS) is 19.1. The zero-order valence-corrected chi connectivity index (χ0v) is 15.6. The van der Waals surface area contributed by atoms with Crippen molar-refractivity contribution >= 4 is 29.5 Å². The first-order valence-electron chi connectivity index (χ1n) is 9.06. The van der Waals surface area contributed by atoms with Crippen LogP contribution in [0.5, 0.6) is 0 Å². The Balaban J connectivity index is 1.43. The second kappa shape index (κ2) is 7.56. The van der Waals surface area contributed by atoms with Gasteiger partial charge in [-0.15, -0.1) is 11.8 Å². The van der Waals surface area contributed by atoms with Crippen LogP contribution in [0.3, 0.4) is 0 Å². The third-order valence-electron chi connectivity index (χ3n) is 4.98. The summed E-state index contributed by atoms with van der Waals surface area (Å²) in [5.41, 5.74) is 2.59. The number of thioether (sulfide) groups is 1. The summed E-state index contributed by atoms with van der Waals surface area (Å²) in [6.07, 6.45) is 1.49. The van der Waals surface area contributed by atoms with E-state index in [1.807, 2.05) is 23.9 Å². The fraction of sp³-hybridized carbons (Fsp3) is 0.286. The van der Waals surface area contributed by atoms with Crippen LogP contribution < -0.4 is 5.32 Å². The van der Waals surface area contributed by atoms with Crippen molar-refractivity contribution < 1.29 is 14.4 Å². The van der Waals surface area contributed by atoms with Crippen molar-refractivity contribution in [3.8, 4) is 0 Å². The van der Waals surface area contributed by atoms with Crippen LogP contribution in [0.25, 0.3) is 0 Å². The van der Waals surface area contributed by atoms with Gasteiger partial charge in [-0.25, -0.2) is 0 Å². The summed E-state index contributed by atoms with van der Waals surface area (Å²) < 4.78 is 0. The highest BCUT2D eigenvalue weighted by atomic mass is 32.2. The van der Waals surface area contributed by atoms with Gasteiger partial charge in [-0.3, -0.25) is 19.3 Å². The molecule has 4 rings (SSSR count). The maximum absolute atomic E-state index is 12.6. The van der Waals surface area contributed by atoms with Crippen LogP contribution in [0.4, 0.5) is 0 Å². The Morgan fingerprint density at radius 1 is 1.04 bits per heavy atom. The van der Waals surface area contributed by atoms with Gasteiger partial charge in [0.2, 0.25) is 11.8 Å². The van der Waals surface area contributed by atoms with Crippen molar-refractivity contribution in [1.82, 2.24) is 10.2 Å². The maximum Gasteiger partial charge on any atom is 0.251 e. The topological polar surface area (TPSA) is 66.5 Å². The van der Waals surface area contributed by atoms with Gasteiger partial charge < -0.3 is 5.32 Å². The molecule has 2 aromatic rings. The van der Waals surface area contributed by atoms with Crippen molar-refractivity contribution in [2.45, 2.75) is 36.7 Å². The number of nitrogens with one attached hydrogen (secondary N) is 1. The molecule has 0 spiro atoms. The number of hydrogen-bond acceptors (Lipinski definition) is 4. The molecule has 0 aromatic heterocycles. The predicted molar refractivity (Wildman–Crippen MR) is 103 cm³/mol. The van der Waals surface area contributed by atoms with Crippen LogP contribution in [0.2, 0.25) is 0 Å². The zero-order valence-electron chi connectivity index (χ0n) is 14.8. The number of rotatable bonds is 4. The highest BCUT2D eigenvalue weighted by Gasteiger charge is 2.28. The summed E-state index contributed by atoms with van der Waals surface area (Å²) in [5, 5.41) is 3.13. The van der Waals surface area contributed by atoms with E-state index >= 15 is 0 Å². The minimum absolute atomic E-state index is 0.0227. The molecule has 2 aromatic carbocycles. The van der Waals surface area contributed by atoms with Gasteiger partial charge in [-0.1, -0.05) is 30.3 Å². The van der Waals surface area contributed by atoms with Crippen LogP contribution in [0.1, 0.15) is 46.8 Å². The second-order valence-corrected chi connectivity index (χ2v) is 7.91. The lowest BCUT2D eigenvalue weighted by molar-refractivity contribution is -0.139. The summed E-state index contributed by atoms with van der Waals surface area (Å²) in [6.45, 7) is 0.271. The number of carbonyl (C=O) groups excluding carboxylic acids is 3. The van der Waals surface area contributed by atoms with Gasteiger partial charge in [0.15, 0.2) is 0 Å². The van der Waals surface area contributed by atoms with E-state index in [2.05, 4.69) is 17.4 Å². The number of benzene rings is 2. The van der Waals surface area contributed by atoms with E-state index in [0.717, 1.165) is 17.7 Å². The summed E-state index contributed by atoms with van der Waals surface area (Å²) >= 11 is 1.82. The predicted octanol–water partition coefficient (Wildman–Crippen LogP) is 3.30. The number of likely N-dealkylation sites (tertiary alicyclic amines) is 1. The summed E-state index contributed by atoms with van der Waals surface area (Å²) in [4.78, 5) is 38.6. The Kier molecular flexibility index (Phi) is 4.99. The number of amides is 3. The lowest BCUT2D eigenvalue weighted by Crippen LogP contribution is -2.30. The molecule has 138 valence electrons. The highest BCUT2D eigenvalue weighted by Crippen LogP contribution is 2.35. The average Bonchev–Trinajstić information content (AvgIpc) is 3.01. The maximum atomic E-state index is 12.6. The quantitative estimate of drug-likeness (QED) is 0.827. The van der Waals surface area contributed by atoms with Crippen LogP contribution >= 0.6 is 11.8 Å². The van der Waals surface area contributed by atoms with E-state index in [-0.39, 0.29) is 30.3 Å². The molecule has 0 bridgehead atoms. The first-order chi connectivity index (χ1) is 13.1. The van der Waals surface area contributed by atoms with Gasteiger partial charge in [0.1, 0.15) is 0 Å². The lowest BCUT2D eigenvalue weighted by Gasteiger charge is -2.26. The number of imide groups is 1. The smallest absolute Gasteiger partial charge is 0.251 e. The molecule has 0 unspecified atom stereocenters. The molecule has 0 saturated carbocycles. The molecule has 1 atom stereocenters. The number of fused-ring (bicyclic) bond motifs is 1. The summed E-state index contributed by atoms with van der Waals surface area (Å²) in [7, 11) is 0. The highest BCUT2D eigenvalue weighted by molar-refractivity contribution is 7.99. The van der Waals surface area contributed by atoms with Crippen LogP contribution in [0.15, 0.2) is 53.4 Å². The van der Waals surface area contributed by atoms with E-state index in [0.29, 0.717) is 18.4 Å². The van der Waals surface area contributed by atoms with Crippen molar-refractivity contribution in [2.24, 2.45) is 0 Å². The van der Waals surface area contributed by atoms with Crippen molar-refractivity contribution in [1.29, 1.82) is 0 Å². The molecule has 1 N–H and O–H groups in total. The summed E-state index contributed by atoms with van der Waals surface area (Å²) in [5.74, 6) is 0.617. The first kappa shape index (κ1) is 17.8. The Labute approximate surface area is 162 Å². The monoisotopic (exact) mass is 380 g/mol. The molecular formula is C21H20N2O3S. The molecule has 2 heterocycles. The molecule has 27 heavy (non-hydrogen) atoms. The summed E-state index contributed by atoms with van der Waals surface area (Å²) in [6, 6.07) is 15.3. The minimum Gasteiger partial charge on any atom is -0.345 e. The minimum atomic E-state index is -0.129. The Bertz CT molecular complexity index is 879. The van der Waals surface area contributed by atoms with Crippen molar-refractivity contribution in [3.63, 3.8) is 0 Å². The molecule has 1 fully saturated rings. The molecule has 1 saturated heterocycles. The number of carbonyl (C=O) groups is 3. The molecule has 2 aliphatic heterocycles. The van der Waals surface area contributed by atoms with E-state index in [1.54, 1.807) is 24.3 Å². The molecule has 0 aliphatic carbocycles. The van der Waals surface area contributed by atoms with Crippen LogP contribution in [-0.2, 0) is 16.1 Å². The molecule has 2 aliphatic rings. The van der Waals surface area contributed by atoms with E-state index in [9.17, 15) is 14.4 Å².